The van der Waals surface area contributed by atoms with Crippen LogP contribution in [0.25, 0.3) is 11.7 Å². The van der Waals surface area contributed by atoms with Gasteiger partial charge >= 0.3 is 0 Å². The van der Waals surface area contributed by atoms with Gasteiger partial charge in [0.05, 0.1) is 17.0 Å². The molecular formula is C27H27FN4O2S2. The first-order valence-corrected chi connectivity index (χ1v) is 13.3. The molecule has 1 amide bonds. The summed E-state index contributed by atoms with van der Waals surface area (Å²) in [6.45, 7) is 4.43. The first kappa shape index (κ1) is 24.6. The second kappa shape index (κ2) is 10.1. The van der Waals surface area contributed by atoms with Crippen LogP contribution in [0, 0.1) is 18.7 Å². The second-order valence-corrected chi connectivity index (χ2v) is 11.2. The Morgan fingerprint density at radius 3 is 2.61 bits per heavy atom. The van der Waals surface area contributed by atoms with Crippen molar-refractivity contribution in [2.75, 3.05) is 5.32 Å². The van der Waals surface area contributed by atoms with Gasteiger partial charge in [0.15, 0.2) is 0 Å². The summed E-state index contributed by atoms with van der Waals surface area (Å²) < 4.78 is 15.2. The molecule has 2 aromatic heterocycles. The van der Waals surface area contributed by atoms with E-state index in [1.807, 2.05) is 19.1 Å². The number of hydrogen-bond acceptors (Lipinski definition) is 6. The number of carbonyl (C=O) groups excluding carboxylic acids is 1. The fourth-order valence-corrected chi connectivity index (χ4v) is 5.93. The van der Waals surface area contributed by atoms with Crippen LogP contribution in [0.5, 0.6) is 0 Å². The molecule has 36 heavy (non-hydrogen) atoms. The Kier molecular flexibility index (Phi) is 6.94. The van der Waals surface area contributed by atoms with E-state index in [1.165, 1.54) is 21.4 Å². The van der Waals surface area contributed by atoms with Crippen molar-refractivity contribution in [3.63, 3.8) is 0 Å². The zero-order valence-electron chi connectivity index (χ0n) is 20.2. The van der Waals surface area contributed by atoms with E-state index in [-0.39, 0.29) is 29.9 Å². The van der Waals surface area contributed by atoms with Gasteiger partial charge in [-0.05, 0) is 73.9 Å². The number of nitrogens with zero attached hydrogens (tertiary/aromatic N) is 3. The number of rotatable bonds is 5. The van der Waals surface area contributed by atoms with Crippen LogP contribution < -0.4 is 10.9 Å². The van der Waals surface area contributed by atoms with Crippen molar-refractivity contribution in [3.05, 3.63) is 80.4 Å². The maximum Gasteiger partial charge on any atom is 0.267 e. The number of aromatic nitrogens is 2. The summed E-state index contributed by atoms with van der Waals surface area (Å²) in [6.07, 6.45) is 7.58. The van der Waals surface area contributed by atoms with Crippen LogP contribution in [0.1, 0.15) is 49.3 Å². The molecule has 1 saturated heterocycles. The lowest BCUT2D eigenvalue weighted by atomic mass is 9.87. The Balaban J connectivity index is 1.52. The molecule has 0 bridgehead atoms. The van der Waals surface area contributed by atoms with E-state index < -0.39 is 0 Å². The third-order valence-electron chi connectivity index (χ3n) is 6.84. The third kappa shape index (κ3) is 4.95. The van der Waals surface area contributed by atoms with Crippen molar-refractivity contribution in [3.8, 4) is 0 Å². The van der Waals surface area contributed by atoms with Gasteiger partial charge in [0, 0.05) is 12.2 Å². The number of pyridine rings is 1. The van der Waals surface area contributed by atoms with Crippen molar-refractivity contribution in [2.45, 2.75) is 52.1 Å². The summed E-state index contributed by atoms with van der Waals surface area (Å²) in [5, 5.41) is 3.52. The maximum absolute atomic E-state index is 13.6. The van der Waals surface area contributed by atoms with Crippen molar-refractivity contribution in [1.82, 2.24) is 14.3 Å². The summed E-state index contributed by atoms with van der Waals surface area (Å²) in [7, 11) is 0. The van der Waals surface area contributed by atoms with Crippen LogP contribution >= 0.6 is 24.0 Å². The van der Waals surface area contributed by atoms with E-state index in [1.54, 1.807) is 24.4 Å². The molecule has 1 aromatic carbocycles. The van der Waals surface area contributed by atoms with E-state index in [9.17, 15) is 14.0 Å². The molecule has 3 heterocycles. The number of fused-ring (bicyclic) bond motifs is 1. The standard InChI is InChI=1S/C27H27FN4O2S2/c1-16-5-11-20(12-6-16)29-23-21(25(33)31-13-3-4-17(2)24(31)30-23)14-22-26(34)32(27(35)36-22)15-18-7-9-19(28)10-8-18/h3-4,7-10,13-14,16,20,29H,5-6,11-12,15H2,1-2H3. The highest BCUT2D eigenvalue weighted by Gasteiger charge is 2.33. The monoisotopic (exact) mass is 522 g/mol. The smallest absolute Gasteiger partial charge is 0.267 e. The molecule has 2 fully saturated rings. The number of anilines is 1. The lowest BCUT2D eigenvalue weighted by molar-refractivity contribution is -0.122. The van der Waals surface area contributed by atoms with Gasteiger partial charge < -0.3 is 5.32 Å². The molecule has 9 heteroatoms. The first-order valence-electron chi connectivity index (χ1n) is 12.1. The number of amides is 1. The van der Waals surface area contributed by atoms with Crippen molar-refractivity contribution >= 4 is 51.7 Å². The lowest BCUT2D eigenvalue weighted by Gasteiger charge is -2.28. The van der Waals surface area contributed by atoms with Crippen LogP contribution in [0.4, 0.5) is 10.2 Å². The summed E-state index contributed by atoms with van der Waals surface area (Å²) in [5.74, 6) is 0.580. The molecule has 0 spiro atoms. The number of nitrogens with one attached hydrogen (secondary N) is 1. The van der Waals surface area contributed by atoms with Gasteiger partial charge in [0.2, 0.25) is 0 Å². The minimum atomic E-state index is -0.337. The van der Waals surface area contributed by atoms with E-state index in [4.69, 9.17) is 17.2 Å². The van der Waals surface area contributed by atoms with Gasteiger partial charge in [-0.25, -0.2) is 9.37 Å². The highest BCUT2D eigenvalue weighted by atomic mass is 32.2. The largest absolute Gasteiger partial charge is 0.367 e. The molecule has 5 rings (SSSR count). The highest BCUT2D eigenvalue weighted by molar-refractivity contribution is 8.26. The van der Waals surface area contributed by atoms with Crippen LogP contribution in [-0.4, -0.2) is 30.6 Å². The normalized spacial score (nSPS) is 21.5. The molecule has 1 aliphatic heterocycles. The van der Waals surface area contributed by atoms with E-state index in [0.29, 0.717) is 32.2 Å². The lowest BCUT2D eigenvalue weighted by Crippen LogP contribution is -2.29. The Hall–Kier alpha value is -3.04. The topological polar surface area (TPSA) is 66.7 Å². The number of benzene rings is 1. The minimum absolute atomic E-state index is 0.222. The Morgan fingerprint density at radius 2 is 1.89 bits per heavy atom. The summed E-state index contributed by atoms with van der Waals surface area (Å²) in [6, 6.07) is 9.94. The number of hydrogen-bond donors (Lipinski definition) is 1. The SMILES string of the molecule is Cc1cccn2c(=O)c(C=C3SC(=S)N(Cc4ccc(F)cc4)C3=O)c(NC3CCC(C)CC3)nc12. The van der Waals surface area contributed by atoms with Gasteiger partial charge in [-0.15, -0.1) is 0 Å². The van der Waals surface area contributed by atoms with Crippen LogP contribution in [0.15, 0.2) is 52.3 Å². The van der Waals surface area contributed by atoms with Gasteiger partial charge in [0.25, 0.3) is 11.5 Å². The van der Waals surface area contributed by atoms with E-state index >= 15 is 0 Å². The Bertz CT molecular complexity index is 1430. The van der Waals surface area contributed by atoms with Crippen molar-refractivity contribution in [2.24, 2.45) is 5.92 Å². The molecule has 186 valence electrons. The van der Waals surface area contributed by atoms with Crippen molar-refractivity contribution < 1.29 is 9.18 Å². The predicted molar refractivity (Wildman–Crippen MR) is 146 cm³/mol. The molecule has 0 unspecified atom stereocenters. The first-order chi connectivity index (χ1) is 17.3. The number of thioether (sulfide) groups is 1. The molecule has 1 N–H and O–H groups in total. The quantitative estimate of drug-likeness (QED) is 0.351. The van der Waals surface area contributed by atoms with Crippen molar-refractivity contribution in [1.29, 1.82) is 0 Å². The number of aryl methyl sites for hydroxylation is 1. The van der Waals surface area contributed by atoms with E-state index in [2.05, 4.69) is 12.2 Å². The highest BCUT2D eigenvalue weighted by Crippen LogP contribution is 2.34. The zero-order chi connectivity index (χ0) is 25.4. The second-order valence-electron chi connectivity index (χ2n) is 9.56. The average molecular weight is 523 g/mol. The maximum atomic E-state index is 13.6. The summed E-state index contributed by atoms with van der Waals surface area (Å²) in [5.41, 5.74) is 2.37. The fourth-order valence-electron chi connectivity index (χ4n) is 4.69. The number of carbonyl (C=O) groups is 1. The minimum Gasteiger partial charge on any atom is -0.367 e. The number of thiocarbonyl (C=S) groups is 1. The molecule has 2 aliphatic rings. The zero-order valence-corrected chi connectivity index (χ0v) is 21.8. The average Bonchev–Trinajstić information content (AvgIpc) is 3.12. The molecule has 3 aromatic rings. The third-order valence-corrected chi connectivity index (χ3v) is 8.22. The molecule has 1 aliphatic carbocycles. The Labute approximate surface area is 218 Å². The summed E-state index contributed by atoms with van der Waals surface area (Å²) in [4.78, 5) is 33.6. The van der Waals surface area contributed by atoms with Gasteiger partial charge in [-0.1, -0.05) is 49.1 Å². The number of halogens is 1. The van der Waals surface area contributed by atoms with Gasteiger partial charge in [-0.3, -0.25) is 18.9 Å². The molecule has 1 saturated carbocycles. The van der Waals surface area contributed by atoms with Crippen LogP contribution in [-0.2, 0) is 11.3 Å². The summed E-state index contributed by atoms with van der Waals surface area (Å²) >= 11 is 6.64. The van der Waals surface area contributed by atoms with Gasteiger partial charge in [-0.2, -0.15) is 0 Å². The fraction of sp³-hybridized carbons (Fsp3) is 0.333. The van der Waals surface area contributed by atoms with Gasteiger partial charge in [0.1, 0.15) is 21.6 Å². The van der Waals surface area contributed by atoms with E-state index in [0.717, 1.165) is 48.6 Å². The van der Waals surface area contributed by atoms with Crippen LogP contribution in [0.2, 0.25) is 0 Å². The predicted octanol–water partition coefficient (Wildman–Crippen LogP) is 5.53. The molecule has 6 nitrogen and oxygen atoms in total. The van der Waals surface area contributed by atoms with Crippen LogP contribution in [0.3, 0.4) is 0 Å². The Morgan fingerprint density at radius 1 is 1.17 bits per heavy atom. The molecule has 0 atom stereocenters. The molecular weight excluding hydrogens is 495 g/mol. The molecule has 0 radical (unpaired) electrons.